The first-order valence-corrected chi connectivity index (χ1v) is 7.92. The summed E-state index contributed by atoms with van der Waals surface area (Å²) in [5, 5.41) is 0. The molecule has 3 N–H and O–H groups in total. The van der Waals surface area contributed by atoms with Crippen LogP contribution in [0.1, 0.15) is 10.4 Å². The van der Waals surface area contributed by atoms with Crippen molar-refractivity contribution < 1.29 is 13.2 Å². The van der Waals surface area contributed by atoms with Gasteiger partial charge in [0.25, 0.3) is 11.5 Å². The second-order valence-corrected chi connectivity index (χ2v) is 6.29. The maximum atomic E-state index is 12.2. The van der Waals surface area contributed by atoms with Crippen LogP contribution < -0.4 is 16.0 Å². The number of amides is 1. The van der Waals surface area contributed by atoms with E-state index in [-0.39, 0.29) is 18.7 Å². The Kier molecular flexibility index (Phi) is 4.05. The third kappa shape index (κ3) is 3.44. The van der Waals surface area contributed by atoms with Crippen molar-refractivity contribution in [3.63, 3.8) is 0 Å². The second kappa shape index (κ2) is 5.62. The Morgan fingerprint density at radius 2 is 2.19 bits per heavy atom. The van der Waals surface area contributed by atoms with E-state index in [1.165, 1.54) is 16.8 Å². The van der Waals surface area contributed by atoms with Gasteiger partial charge in [0.15, 0.2) is 0 Å². The average molecular weight is 310 g/mol. The minimum atomic E-state index is -3.36. The lowest BCUT2D eigenvalue weighted by Crippen LogP contribution is -2.34. The van der Waals surface area contributed by atoms with Crippen molar-refractivity contribution in [1.29, 1.82) is 0 Å². The van der Waals surface area contributed by atoms with Gasteiger partial charge in [-0.3, -0.25) is 14.6 Å². The lowest BCUT2D eigenvalue weighted by molar-refractivity contribution is 0.0998. The highest BCUT2D eigenvalue weighted by molar-refractivity contribution is 7.88. The number of nitrogens with zero attached hydrogens (tertiary/aromatic N) is 2. The monoisotopic (exact) mass is 310 g/mol. The van der Waals surface area contributed by atoms with Crippen LogP contribution in [-0.4, -0.2) is 36.7 Å². The number of sulfonamides is 1. The molecule has 0 aliphatic heterocycles. The first-order chi connectivity index (χ1) is 9.79. The van der Waals surface area contributed by atoms with Gasteiger partial charge in [0.05, 0.1) is 17.3 Å². The molecule has 9 heteroatoms. The lowest BCUT2D eigenvalue weighted by atomic mass is 10.2. The van der Waals surface area contributed by atoms with E-state index in [1.807, 2.05) is 0 Å². The third-order valence-electron chi connectivity index (χ3n) is 2.83. The molecule has 21 heavy (non-hydrogen) atoms. The van der Waals surface area contributed by atoms with Crippen LogP contribution in [0.3, 0.4) is 0 Å². The van der Waals surface area contributed by atoms with Gasteiger partial charge in [0.2, 0.25) is 10.0 Å². The van der Waals surface area contributed by atoms with Gasteiger partial charge in [-0.2, -0.15) is 0 Å². The van der Waals surface area contributed by atoms with Crippen molar-refractivity contribution >= 4 is 27.0 Å². The van der Waals surface area contributed by atoms with E-state index in [9.17, 15) is 18.0 Å². The third-order valence-corrected chi connectivity index (χ3v) is 3.56. The summed E-state index contributed by atoms with van der Waals surface area (Å²) in [6.45, 7) is 0.0835. The van der Waals surface area contributed by atoms with Crippen molar-refractivity contribution in [2.45, 2.75) is 6.54 Å². The molecule has 0 atom stereocenters. The van der Waals surface area contributed by atoms with Gasteiger partial charge in [-0.25, -0.2) is 13.1 Å². The van der Waals surface area contributed by atoms with Gasteiger partial charge < -0.3 is 10.3 Å². The molecule has 2 heterocycles. The number of aromatic nitrogens is 2. The molecule has 0 aliphatic rings. The van der Waals surface area contributed by atoms with Crippen molar-refractivity contribution in [1.82, 2.24) is 14.3 Å². The van der Waals surface area contributed by atoms with Crippen LogP contribution in [0, 0.1) is 0 Å². The molecule has 0 bridgehead atoms. The number of rotatable bonds is 5. The highest BCUT2D eigenvalue weighted by Gasteiger charge is 2.14. The van der Waals surface area contributed by atoms with Crippen molar-refractivity contribution in [3.05, 3.63) is 40.3 Å². The maximum Gasteiger partial charge on any atom is 0.264 e. The SMILES string of the molecule is CS(=O)(=O)NCCn1c(=O)c(C(N)=O)cc2ncccc21. The Morgan fingerprint density at radius 1 is 1.48 bits per heavy atom. The lowest BCUT2D eigenvalue weighted by Gasteiger charge is -2.11. The maximum absolute atomic E-state index is 12.2. The summed E-state index contributed by atoms with van der Waals surface area (Å²) in [6.07, 6.45) is 2.55. The zero-order valence-electron chi connectivity index (χ0n) is 11.2. The fraction of sp³-hybridized carbons (Fsp3) is 0.250. The normalized spacial score (nSPS) is 11.7. The van der Waals surface area contributed by atoms with Gasteiger partial charge in [-0.1, -0.05) is 0 Å². The predicted molar refractivity (Wildman–Crippen MR) is 77.4 cm³/mol. The van der Waals surface area contributed by atoms with Gasteiger partial charge in [-0.15, -0.1) is 0 Å². The molecular weight excluding hydrogens is 296 g/mol. The number of carbonyl (C=O) groups excluding carboxylic acids is 1. The molecule has 1 amide bonds. The van der Waals surface area contributed by atoms with E-state index in [4.69, 9.17) is 5.73 Å². The highest BCUT2D eigenvalue weighted by Crippen LogP contribution is 2.10. The molecule has 0 spiro atoms. The van der Waals surface area contributed by atoms with Crippen LogP contribution in [0.25, 0.3) is 11.0 Å². The van der Waals surface area contributed by atoms with Crippen molar-refractivity contribution in [2.24, 2.45) is 5.73 Å². The molecule has 2 aromatic heterocycles. The summed E-state index contributed by atoms with van der Waals surface area (Å²) >= 11 is 0. The van der Waals surface area contributed by atoms with E-state index in [0.717, 1.165) is 6.26 Å². The van der Waals surface area contributed by atoms with E-state index in [1.54, 1.807) is 12.1 Å². The molecule has 0 saturated heterocycles. The average Bonchev–Trinajstić information content (AvgIpc) is 2.39. The molecule has 2 aromatic rings. The standard InChI is InChI=1S/C12H14N4O4S/c1-21(19,20)15-5-6-16-10-3-2-4-14-9(10)7-8(11(13)17)12(16)18/h2-4,7,15H,5-6H2,1H3,(H2,13,17). The summed E-state index contributed by atoms with van der Waals surface area (Å²) in [5.74, 6) is -0.850. The van der Waals surface area contributed by atoms with Gasteiger partial charge in [-0.05, 0) is 18.2 Å². The first-order valence-electron chi connectivity index (χ1n) is 6.02. The molecule has 112 valence electrons. The fourth-order valence-corrected chi connectivity index (χ4v) is 2.41. The minimum absolute atomic E-state index is 0.0188. The van der Waals surface area contributed by atoms with Crippen LogP contribution in [0.2, 0.25) is 0 Å². The Hall–Kier alpha value is -2.26. The predicted octanol–water partition coefficient (Wildman–Crippen LogP) is -0.955. The Morgan fingerprint density at radius 3 is 2.81 bits per heavy atom. The minimum Gasteiger partial charge on any atom is -0.365 e. The molecule has 0 saturated carbocycles. The van der Waals surface area contributed by atoms with E-state index in [0.29, 0.717) is 11.0 Å². The van der Waals surface area contributed by atoms with Crippen molar-refractivity contribution in [3.8, 4) is 0 Å². The van der Waals surface area contributed by atoms with E-state index >= 15 is 0 Å². The molecule has 0 unspecified atom stereocenters. The van der Waals surface area contributed by atoms with Crippen LogP contribution in [-0.2, 0) is 16.6 Å². The zero-order chi connectivity index (χ0) is 15.6. The van der Waals surface area contributed by atoms with Crippen LogP contribution in [0.15, 0.2) is 29.2 Å². The zero-order valence-corrected chi connectivity index (χ0v) is 12.1. The molecule has 8 nitrogen and oxygen atoms in total. The first kappa shape index (κ1) is 15.1. The highest BCUT2D eigenvalue weighted by atomic mass is 32.2. The smallest absolute Gasteiger partial charge is 0.264 e. The van der Waals surface area contributed by atoms with Crippen LogP contribution >= 0.6 is 0 Å². The van der Waals surface area contributed by atoms with Crippen LogP contribution in [0.4, 0.5) is 0 Å². The molecule has 0 radical (unpaired) electrons. The summed E-state index contributed by atoms with van der Waals surface area (Å²) < 4.78 is 25.7. The largest absolute Gasteiger partial charge is 0.365 e. The van der Waals surface area contributed by atoms with E-state index < -0.39 is 21.5 Å². The Bertz CT molecular complexity index is 857. The summed E-state index contributed by atoms with van der Waals surface area (Å²) in [5.41, 5.74) is 5.37. The molecule has 2 rings (SSSR count). The second-order valence-electron chi connectivity index (χ2n) is 4.45. The number of hydrogen-bond donors (Lipinski definition) is 2. The summed E-state index contributed by atoms with van der Waals surface area (Å²) in [4.78, 5) is 27.6. The molecule has 0 aromatic carbocycles. The molecule has 0 aliphatic carbocycles. The Labute approximate surface area is 120 Å². The molecular formula is C12H14N4O4S. The number of fused-ring (bicyclic) bond motifs is 1. The van der Waals surface area contributed by atoms with Gasteiger partial charge in [0, 0.05) is 19.3 Å². The number of pyridine rings is 2. The summed E-state index contributed by atoms with van der Waals surface area (Å²) in [7, 11) is -3.36. The number of carbonyl (C=O) groups is 1. The topological polar surface area (TPSA) is 124 Å². The number of primary amides is 1. The summed E-state index contributed by atoms with van der Waals surface area (Å²) in [6, 6.07) is 4.64. The van der Waals surface area contributed by atoms with Gasteiger partial charge in [0.1, 0.15) is 5.56 Å². The Balaban J connectivity index is 2.52. The number of hydrogen-bond acceptors (Lipinski definition) is 5. The van der Waals surface area contributed by atoms with Crippen LogP contribution in [0.5, 0.6) is 0 Å². The fourth-order valence-electron chi connectivity index (χ4n) is 1.94. The quantitative estimate of drug-likeness (QED) is 0.736. The number of nitrogens with one attached hydrogen (secondary N) is 1. The van der Waals surface area contributed by atoms with Crippen molar-refractivity contribution in [2.75, 3.05) is 12.8 Å². The number of nitrogens with two attached hydrogens (primary N) is 1. The van der Waals surface area contributed by atoms with Gasteiger partial charge >= 0.3 is 0 Å². The van der Waals surface area contributed by atoms with E-state index in [2.05, 4.69) is 9.71 Å². The molecule has 0 fully saturated rings.